The number of hydrogen-bond donors (Lipinski definition) is 2. The van der Waals surface area contributed by atoms with Crippen LogP contribution < -0.4 is 15.4 Å². The molecule has 7 heteroatoms. The first-order valence-corrected chi connectivity index (χ1v) is 11.5. The minimum absolute atomic E-state index is 0. The van der Waals surface area contributed by atoms with Gasteiger partial charge in [-0.25, -0.2) is 4.99 Å². The lowest BCUT2D eigenvalue weighted by Crippen LogP contribution is -2.47. The molecule has 4 unspecified atom stereocenters. The Kier molecular flexibility index (Phi) is 12.1. The molecule has 28 heavy (non-hydrogen) atoms. The molecule has 160 valence electrons. The Morgan fingerprint density at radius 3 is 2.64 bits per heavy atom. The predicted molar refractivity (Wildman–Crippen MR) is 131 cm³/mol. The number of nitrogens with one attached hydrogen (secondary N) is 2. The standard InChI is InChI=1S/C21H35N3O2S.HI/c1-5-22-21(24-18-8-7-9-20(14-18)27(25)6-2)23-15-17(4)26-19-12-10-16(3)11-13-19;/h10-13,17-18,20H,5-9,14-15H2,1-4H3,(H2,22,23,24);1H. The molecule has 0 spiro atoms. The van der Waals surface area contributed by atoms with E-state index in [0.717, 1.165) is 49.7 Å². The second-order valence-corrected chi connectivity index (χ2v) is 9.27. The van der Waals surface area contributed by atoms with Crippen molar-refractivity contribution in [1.29, 1.82) is 0 Å². The number of rotatable bonds is 8. The van der Waals surface area contributed by atoms with Crippen LogP contribution in [0.25, 0.3) is 0 Å². The van der Waals surface area contributed by atoms with Crippen molar-refractivity contribution < 1.29 is 8.95 Å². The average Bonchev–Trinajstić information content (AvgIpc) is 2.67. The number of guanidine groups is 1. The summed E-state index contributed by atoms with van der Waals surface area (Å²) in [6.07, 6.45) is 4.26. The summed E-state index contributed by atoms with van der Waals surface area (Å²) < 4.78 is 18.1. The van der Waals surface area contributed by atoms with Gasteiger partial charge in [-0.1, -0.05) is 31.0 Å². The van der Waals surface area contributed by atoms with Crippen LogP contribution in [0.4, 0.5) is 0 Å². The second kappa shape index (κ2) is 13.4. The zero-order chi connectivity index (χ0) is 19.6. The fourth-order valence-electron chi connectivity index (χ4n) is 3.37. The maximum atomic E-state index is 12.2. The van der Waals surface area contributed by atoms with Gasteiger partial charge in [0.25, 0.3) is 0 Å². The summed E-state index contributed by atoms with van der Waals surface area (Å²) in [7, 11) is -0.708. The van der Waals surface area contributed by atoms with E-state index in [1.165, 1.54) is 5.56 Å². The SMILES string of the molecule is CCNC(=NCC(C)Oc1ccc(C)cc1)NC1CCCC(S(=O)CC)C1.I. The minimum Gasteiger partial charge on any atom is -0.489 e. The summed E-state index contributed by atoms with van der Waals surface area (Å²) >= 11 is 0. The quantitative estimate of drug-likeness (QED) is 0.308. The topological polar surface area (TPSA) is 62.7 Å². The summed E-state index contributed by atoms with van der Waals surface area (Å²) in [5.74, 6) is 2.45. The van der Waals surface area contributed by atoms with Gasteiger partial charge in [0.05, 0.1) is 6.54 Å². The molecule has 1 aromatic carbocycles. The summed E-state index contributed by atoms with van der Waals surface area (Å²) in [4.78, 5) is 4.70. The third-order valence-corrected chi connectivity index (χ3v) is 6.57. The molecular weight excluding hydrogens is 485 g/mol. The van der Waals surface area contributed by atoms with Crippen LogP contribution in [0.3, 0.4) is 0 Å². The van der Waals surface area contributed by atoms with E-state index in [1.54, 1.807) is 0 Å². The van der Waals surface area contributed by atoms with Crippen molar-refractivity contribution in [3.8, 4) is 5.75 Å². The molecule has 5 nitrogen and oxygen atoms in total. The van der Waals surface area contributed by atoms with Crippen molar-refractivity contribution in [2.45, 2.75) is 70.8 Å². The molecule has 1 aromatic rings. The van der Waals surface area contributed by atoms with E-state index in [-0.39, 0.29) is 30.1 Å². The minimum atomic E-state index is -0.708. The fourth-order valence-corrected chi connectivity index (χ4v) is 4.72. The Hall–Kier alpha value is -0.830. The van der Waals surface area contributed by atoms with Gasteiger partial charge in [0.15, 0.2) is 5.96 Å². The normalized spacial score (nSPS) is 21.9. The molecule has 1 fully saturated rings. The zero-order valence-electron chi connectivity index (χ0n) is 17.6. The first kappa shape index (κ1) is 25.2. The van der Waals surface area contributed by atoms with Crippen LogP contribution in [-0.4, -0.2) is 46.4 Å². The fraction of sp³-hybridized carbons (Fsp3) is 0.667. The van der Waals surface area contributed by atoms with Crippen molar-refractivity contribution in [3.05, 3.63) is 29.8 Å². The molecule has 2 rings (SSSR count). The molecule has 0 radical (unpaired) electrons. The number of aliphatic imine (C=N–C) groups is 1. The van der Waals surface area contributed by atoms with E-state index in [1.807, 2.05) is 26.0 Å². The number of aryl methyl sites for hydroxylation is 1. The highest BCUT2D eigenvalue weighted by atomic mass is 127. The molecule has 1 aliphatic carbocycles. The maximum Gasteiger partial charge on any atom is 0.191 e. The monoisotopic (exact) mass is 521 g/mol. The third kappa shape index (κ3) is 8.68. The average molecular weight is 522 g/mol. The van der Waals surface area contributed by atoms with E-state index < -0.39 is 10.8 Å². The van der Waals surface area contributed by atoms with Crippen LogP contribution in [0.5, 0.6) is 5.75 Å². The molecule has 0 aromatic heterocycles. The first-order valence-electron chi connectivity index (χ1n) is 10.2. The van der Waals surface area contributed by atoms with E-state index in [4.69, 9.17) is 9.73 Å². The summed E-state index contributed by atoms with van der Waals surface area (Å²) in [6, 6.07) is 8.43. The smallest absolute Gasteiger partial charge is 0.191 e. The van der Waals surface area contributed by atoms with Gasteiger partial charge in [0.1, 0.15) is 11.9 Å². The third-order valence-electron chi connectivity index (χ3n) is 4.83. The number of hydrogen-bond acceptors (Lipinski definition) is 3. The lowest BCUT2D eigenvalue weighted by molar-refractivity contribution is 0.230. The lowest BCUT2D eigenvalue weighted by atomic mass is 9.95. The van der Waals surface area contributed by atoms with Gasteiger partial charge in [0, 0.05) is 34.4 Å². The van der Waals surface area contributed by atoms with Crippen molar-refractivity contribution in [2.24, 2.45) is 4.99 Å². The van der Waals surface area contributed by atoms with Crippen LogP contribution in [0.2, 0.25) is 0 Å². The van der Waals surface area contributed by atoms with Gasteiger partial charge < -0.3 is 15.4 Å². The summed E-state index contributed by atoms with van der Waals surface area (Å²) in [5.41, 5.74) is 1.22. The molecule has 0 heterocycles. The van der Waals surface area contributed by atoms with Gasteiger partial charge in [-0.05, 0) is 52.2 Å². The summed E-state index contributed by atoms with van der Waals surface area (Å²) in [5, 5.41) is 7.18. The Morgan fingerprint density at radius 2 is 2.00 bits per heavy atom. The number of benzene rings is 1. The Labute approximate surface area is 190 Å². The van der Waals surface area contributed by atoms with Gasteiger partial charge >= 0.3 is 0 Å². The van der Waals surface area contributed by atoms with Crippen molar-refractivity contribution in [3.63, 3.8) is 0 Å². The van der Waals surface area contributed by atoms with Crippen LogP contribution in [0, 0.1) is 6.92 Å². The van der Waals surface area contributed by atoms with Crippen LogP contribution in [0.1, 0.15) is 52.0 Å². The van der Waals surface area contributed by atoms with Crippen LogP contribution in [-0.2, 0) is 10.8 Å². The van der Waals surface area contributed by atoms with E-state index >= 15 is 0 Å². The Morgan fingerprint density at radius 1 is 1.29 bits per heavy atom. The molecule has 0 bridgehead atoms. The van der Waals surface area contributed by atoms with Crippen molar-refractivity contribution in [1.82, 2.24) is 10.6 Å². The zero-order valence-corrected chi connectivity index (χ0v) is 20.7. The molecular formula is C21H36IN3O2S. The molecule has 2 N–H and O–H groups in total. The maximum absolute atomic E-state index is 12.2. The number of ether oxygens (including phenoxy) is 1. The van der Waals surface area contributed by atoms with E-state index in [9.17, 15) is 4.21 Å². The van der Waals surface area contributed by atoms with E-state index in [2.05, 4.69) is 36.6 Å². The molecule has 0 aliphatic heterocycles. The Balaban J connectivity index is 0.00000392. The number of nitrogens with zero attached hydrogens (tertiary/aromatic N) is 1. The lowest BCUT2D eigenvalue weighted by Gasteiger charge is -2.30. The van der Waals surface area contributed by atoms with Crippen molar-refractivity contribution in [2.75, 3.05) is 18.8 Å². The van der Waals surface area contributed by atoms with Gasteiger partial charge in [-0.2, -0.15) is 0 Å². The molecule has 0 saturated heterocycles. The molecule has 0 amide bonds. The second-order valence-electron chi connectivity index (χ2n) is 7.26. The largest absolute Gasteiger partial charge is 0.489 e. The highest BCUT2D eigenvalue weighted by molar-refractivity contribution is 14.0. The van der Waals surface area contributed by atoms with Gasteiger partial charge in [0.2, 0.25) is 0 Å². The molecule has 4 atom stereocenters. The first-order chi connectivity index (χ1) is 13.0. The Bertz CT molecular complexity index is 625. The molecule has 1 aliphatic rings. The van der Waals surface area contributed by atoms with E-state index in [0.29, 0.717) is 17.8 Å². The summed E-state index contributed by atoms with van der Waals surface area (Å²) in [6.45, 7) is 9.58. The van der Waals surface area contributed by atoms with Gasteiger partial charge in [-0.3, -0.25) is 4.21 Å². The van der Waals surface area contributed by atoms with Crippen LogP contribution in [0.15, 0.2) is 29.3 Å². The highest BCUT2D eigenvalue weighted by Gasteiger charge is 2.26. The highest BCUT2D eigenvalue weighted by Crippen LogP contribution is 2.23. The number of halogens is 1. The van der Waals surface area contributed by atoms with Gasteiger partial charge in [-0.15, -0.1) is 24.0 Å². The molecule has 1 saturated carbocycles. The van der Waals surface area contributed by atoms with Crippen LogP contribution >= 0.6 is 24.0 Å². The predicted octanol–water partition coefficient (Wildman–Crippen LogP) is 4.02. The van der Waals surface area contributed by atoms with Crippen molar-refractivity contribution >= 4 is 40.7 Å².